The number of nitrogens with zero attached hydrogens (tertiary/aromatic N) is 4. The van der Waals surface area contributed by atoms with Gasteiger partial charge in [-0.15, -0.1) is 11.3 Å². The number of esters is 1. The van der Waals surface area contributed by atoms with Gasteiger partial charge in [-0.2, -0.15) is 0 Å². The van der Waals surface area contributed by atoms with Gasteiger partial charge in [0.15, 0.2) is 0 Å². The van der Waals surface area contributed by atoms with Gasteiger partial charge in [-0.25, -0.2) is 0 Å². The van der Waals surface area contributed by atoms with E-state index in [1.54, 1.807) is 6.08 Å². The highest BCUT2D eigenvalue weighted by atomic mass is 32.1. The van der Waals surface area contributed by atoms with Gasteiger partial charge in [-0.05, 0) is 68.1 Å². The lowest BCUT2D eigenvalue weighted by Crippen LogP contribution is -2.39. The number of rotatable bonds is 12. The normalized spacial score (nSPS) is 17.9. The zero-order valence-electron chi connectivity index (χ0n) is 17.8. The molecule has 7 heteroatoms. The fourth-order valence-electron chi connectivity index (χ4n) is 3.72. The molecule has 0 bridgehead atoms. The standard InChI is InChI=1S/C23H32N4O2S/c1-3-15-27(16-13-22-11-6-17-30-22)21-10-5-9-20(18-21)8-4-7-19(2)29-23(28)12-14-25-26-24/h4,6-8,11,17,21H,2-3,5,9-10,12-16,18H2,1H3/b7-4-,20-8+/t21-/m0/s1. The van der Waals surface area contributed by atoms with E-state index >= 15 is 0 Å². The van der Waals surface area contributed by atoms with Crippen molar-refractivity contribution in [1.82, 2.24) is 4.90 Å². The largest absolute Gasteiger partial charge is 0.427 e. The first-order valence-corrected chi connectivity index (χ1v) is 11.5. The smallest absolute Gasteiger partial charge is 0.311 e. The third-order valence-electron chi connectivity index (χ3n) is 5.12. The van der Waals surface area contributed by atoms with Crippen LogP contribution in [0, 0.1) is 0 Å². The van der Waals surface area contributed by atoms with Crippen molar-refractivity contribution in [2.45, 2.75) is 57.9 Å². The first kappa shape index (κ1) is 23.9. The number of carbonyl (C=O) groups is 1. The van der Waals surface area contributed by atoms with E-state index in [-0.39, 0.29) is 13.0 Å². The zero-order chi connectivity index (χ0) is 21.6. The third kappa shape index (κ3) is 8.99. The minimum Gasteiger partial charge on any atom is -0.427 e. The number of hydrogen-bond donors (Lipinski definition) is 0. The van der Waals surface area contributed by atoms with E-state index in [9.17, 15) is 4.79 Å². The van der Waals surface area contributed by atoms with Crippen molar-refractivity contribution >= 4 is 17.3 Å². The molecule has 162 valence electrons. The maximum Gasteiger partial charge on any atom is 0.311 e. The molecule has 1 aromatic rings. The van der Waals surface area contributed by atoms with Crippen molar-refractivity contribution in [2.75, 3.05) is 19.6 Å². The van der Waals surface area contributed by atoms with Gasteiger partial charge >= 0.3 is 5.97 Å². The van der Waals surface area contributed by atoms with Crippen molar-refractivity contribution in [3.05, 3.63) is 69.0 Å². The molecule has 0 radical (unpaired) electrons. The highest BCUT2D eigenvalue weighted by Gasteiger charge is 2.22. The summed E-state index contributed by atoms with van der Waals surface area (Å²) in [4.78, 5) is 18.3. The molecule has 0 aliphatic heterocycles. The van der Waals surface area contributed by atoms with Crippen LogP contribution in [0.4, 0.5) is 0 Å². The highest BCUT2D eigenvalue weighted by molar-refractivity contribution is 7.09. The lowest BCUT2D eigenvalue weighted by molar-refractivity contribution is -0.138. The van der Waals surface area contributed by atoms with Crippen LogP contribution in [0.1, 0.15) is 50.3 Å². The third-order valence-corrected chi connectivity index (χ3v) is 6.06. The maximum absolute atomic E-state index is 11.6. The molecule has 0 spiro atoms. The number of azide groups is 1. The van der Waals surface area contributed by atoms with Crippen LogP contribution >= 0.6 is 11.3 Å². The second kappa shape index (κ2) is 13.8. The Morgan fingerprint density at radius 1 is 1.50 bits per heavy atom. The average molecular weight is 429 g/mol. The lowest BCUT2D eigenvalue weighted by atomic mass is 9.89. The Morgan fingerprint density at radius 3 is 3.10 bits per heavy atom. The summed E-state index contributed by atoms with van der Waals surface area (Å²) in [5.74, 6) is -0.142. The summed E-state index contributed by atoms with van der Waals surface area (Å²) in [6.45, 7) is 8.35. The maximum atomic E-state index is 11.6. The van der Waals surface area contributed by atoms with Crippen molar-refractivity contribution in [3.63, 3.8) is 0 Å². The van der Waals surface area contributed by atoms with Gasteiger partial charge in [0, 0.05) is 28.9 Å². The van der Waals surface area contributed by atoms with Crippen LogP contribution in [0.3, 0.4) is 0 Å². The van der Waals surface area contributed by atoms with Gasteiger partial charge < -0.3 is 4.74 Å². The predicted molar refractivity (Wildman–Crippen MR) is 123 cm³/mol. The van der Waals surface area contributed by atoms with Gasteiger partial charge in [0.1, 0.15) is 5.76 Å². The molecule has 0 unspecified atom stereocenters. The van der Waals surface area contributed by atoms with E-state index < -0.39 is 5.97 Å². The Balaban J connectivity index is 1.84. The topological polar surface area (TPSA) is 78.3 Å². The molecule has 0 N–H and O–H groups in total. The quantitative estimate of drug-likeness (QED) is 0.0995. The molecular formula is C23H32N4O2S. The van der Waals surface area contributed by atoms with Crippen molar-refractivity contribution in [1.29, 1.82) is 0 Å². The zero-order valence-corrected chi connectivity index (χ0v) is 18.6. The van der Waals surface area contributed by atoms with Crippen LogP contribution in [-0.2, 0) is 16.0 Å². The molecule has 1 aromatic heterocycles. The van der Waals surface area contributed by atoms with Gasteiger partial charge in [0.25, 0.3) is 0 Å². The molecule has 1 heterocycles. The van der Waals surface area contributed by atoms with Crippen LogP contribution < -0.4 is 0 Å². The Hall–Kier alpha value is -2.34. The van der Waals surface area contributed by atoms with Gasteiger partial charge in [-0.1, -0.05) is 42.4 Å². The van der Waals surface area contributed by atoms with Crippen molar-refractivity contribution in [3.8, 4) is 0 Å². The minimum atomic E-state index is -0.441. The van der Waals surface area contributed by atoms with Crippen LogP contribution in [0.5, 0.6) is 0 Å². The summed E-state index contributed by atoms with van der Waals surface area (Å²) in [5, 5.41) is 5.47. The number of carbonyl (C=O) groups excluding carboxylic acids is 1. The molecule has 1 saturated carbocycles. The monoisotopic (exact) mass is 428 g/mol. The average Bonchev–Trinajstić information content (AvgIpc) is 3.25. The van der Waals surface area contributed by atoms with Crippen molar-refractivity contribution in [2.24, 2.45) is 5.11 Å². The molecule has 30 heavy (non-hydrogen) atoms. The summed E-state index contributed by atoms with van der Waals surface area (Å²) >= 11 is 1.84. The number of hydrogen-bond acceptors (Lipinski definition) is 5. The molecule has 1 atom stereocenters. The predicted octanol–water partition coefficient (Wildman–Crippen LogP) is 6.19. The molecule has 1 aliphatic carbocycles. The van der Waals surface area contributed by atoms with Gasteiger partial charge in [0.05, 0.1) is 6.42 Å². The van der Waals surface area contributed by atoms with E-state index in [1.165, 1.54) is 29.7 Å². The molecular weight excluding hydrogens is 396 g/mol. The van der Waals surface area contributed by atoms with Crippen LogP contribution in [0.2, 0.25) is 0 Å². The molecule has 0 aromatic carbocycles. The molecule has 2 rings (SSSR count). The first-order valence-electron chi connectivity index (χ1n) is 10.6. The fourth-order valence-corrected chi connectivity index (χ4v) is 4.41. The van der Waals surface area contributed by atoms with Gasteiger partial charge in [0.2, 0.25) is 0 Å². The molecule has 6 nitrogen and oxygen atoms in total. The first-order chi connectivity index (χ1) is 14.6. The Kier molecular flexibility index (Phi) is 11.0. The number of thiophene rings is 1. The fraction of sp³-hybridized carbons (Fsp3) is 0.522. The number of ether oxygens (including phenoxy) is 1. The summed E-state index contributed by atoms with van der Waals surface area (Å²) in [7, 11) is 0. The Morgan fingerprint density at radius 2 is 2.37 bits per heavy atom. The molecule has 1 aliphatic rings. The van der Waals surface area contributed by atoms with E-state index in [0.29, 0.717) is 11.8 Å². The Bertz CT molecular complexity index is 779. The second-order valence-electron chi connectivity index (χ2n) is 7.44. The van der Waals surface area contributed by atoms with E-state index in [2.05, 4.69) is 52.0 Å². The second-order valence-corrected chi connectivity index (χ2v) is 8.48. The SMILES string of the molecule is C=C(/C=C\C=C1/CCC[C@H](N(CCC)CCc2cccs2)C1)OC(=O)CCN=[N+]=[N-]. The summed E-state index contributed by atoms with van der Waals surface area (Å²) < 4.78 is 5.10. The molecule has 0 amide bonds. The number of allylic oxidation sites excluding steroid dienone is 3. The van der Waals surface area contributed by atoms with Crippen LogP contribution in [0.15, 0.2) is 58.8 Å². The van der Waals surface area contributed by atoms with E-state index in [0.717, 1.165) is 32.4 Å². The van der Waals surface area contributed by atoms with Gasteiger partial charge in [-0.3, -0.25) is 9.69 Å². The summed E-state index contributed by atoms with van der Waals surface area (Å²) in [6, 6.07) is 4.95. The summed E-state index contributed by atoms with van der Waals surface area (Å²) in [5.41, 5.74) is 9.66. The van der Waals surface area contributed by atoms with Crippen LogP contribution in [-0.4, -0.2) is 36.5 Å². The highest BCUT2D eigenvalue weighted by Crippen LogP contribution is 2.28. The van der Waals surface area contributed by atoms with Crippen LogP contribution in [0.25, 0.3) is 10.4 Å². The van der Waals surface area contributed by atoms with E-state index in [1.807, 2.05) is 17.4 Å². The van der Waals surface area contributed by atoms with E-state index in [4.69, 9.17) is 10.3 Å². The minimum absolute atomic E-state index is 0.0540. The summed E-state index contributed by atoms with van der Waals surface area (Å²) in [6.07, 6.45) is 12.8. The molecule has 1 fully saturated rings. The Labute approximate surface area is 183 Å². The lowest BCUT2D eigenvalue weighted by Gasteiger charge is -2.35. The van der Waals surface area contributed by atoms with Crippen molar-refractivity contribution < 1.29 is 9.53 Å². The molecule has 0 saturated heterocycles.